The largest absolute Gasteiger partial charge is 0.462 e. The van der Waals surface area contributed by atoms with Crippen LogP contribution in [-0.4, -0.2) is 37.2 Å². The molecule has 1 atom stereocenters. The molecule has 6 heteroatoms. The molecule has 0 aliphatic heterocycles. The highest BCUT2D eigenvalue weighted by atomic mass is 16.6. The first-order valence-electron chi connectivity index (χ1n) is 25.7. The van der Waals surface area contributed by atoms with E-state index in [4.69, 9.17) is 14.2 Å². The molecule has 0 bridgehead atoms. The van der Waals surface area contributed by atoms with Crippen LogP contribution in [0, 0.1) is 0 Å². The molecule has 0 fully saturated rings. The molecule has 0 spiro atoms. The van der Waals surface area contributed by atoms with Gasteiger partial charge in [0, 0.05) is 19.3 Å². The third-order valence-corrected chi connectivity index (χ3v) is 10.6. The molecule has 0 aliphatic carbocycles. The van der Waals surface area contributed by atoms with Gasteiger partial charge in [-0.3, -0.25) is 14.4 Å². The topological polar surface area (TPSA) is 78.9 Å². The second kappa shape index (κ2) is 51.0. The van der Waals surface area contributed by atoms with Crippen LogP contribution < -0.4 is 0 Å². The van der Waals surface area contributed by atoms with Crippen LogP contribution in [0.15, 0.2) is 97.2 Å². The Bertz CT molecular complexity index is 1280. The molecule has 0 saturated heterocycles. The molecule has 0 saturated carbocycles. The highest BCUT2D eigenvalue weighted by molar-refractivity contribution is 5.71. The van der Waals surface area contributed by atoms with Gasteiger partial charge in [0.25, 0.3) is 0 Å². The molecule has 63 heavy (non-hydrogen) atoms. The Hall–Kier alpha value is -3.67. The number of rotatable bonds is 45. The predicted molar refractivity (Wildman–Crippen MR) is 270 cm³/mol. The van der Waals surface area contributed by atoms with Gasteiger partial charge in [-0.1, -0.05) is 201 Å². The maximum absolute atomic E-state index is 12.8. The van der Waals surface area contributed by atoms with Gasteiger partial charge in [0.1, 0.15) is 13.2 Å². The van der Waals surface area contributed by atoms with Crippen molar-refractivity contribution in [3.05, 3.63) is 97.2 Å². The second-order valence-corrected chi connectivity index (χ2v) is 16.7. The van der Waals surface area contributed by atoms with E-state index in [1.165, 1.54) is 64.2 Å². The minimum Gasteiger partial charge on any atom is -0.462 e. The monoisotopic (exact) mass is 875 g/mol. The zero-order valence-corrected chi connectivity index (χ0v) is 40.8. The molecular formula is C57H94O6. The van der Waals surface area contributed by atoms with Gasteiger partial charge in [-0.05, 0) is 103 Å². The maximum atomic E-state index is 12.8. The van der Waals surface area contributed by atoms with Crippen LogP contribution in [0.5, 0.6) is 0 Å². The van der Waals surface area contributed by atoms with Gasteiger partial charge in [-0.25, -0.2) is 0 Å². The van der Waals surface area contributed by atoms with Crippen molar-refractivity contribution in [2.45, 2.75) is 232 Å². The van der Waals surface area contributed by atoms with Gasteiger partial charge in [0.15, 0.2) is 6.10 Å². The Morgan fingerprint density at radius 1 is 0.333 bits per heavy atom. The summed E-state index contributed by atoms with van der Waals surface area (Å²) < 4.78 is 16.7. The number of hydrogen-bond donors (Lipinski definition) is 0. The Morgan fingerprint density at radius 3 is 1.03 bits per heavy atom. The van der Waals surface area contributed by atoms with Crippen LogP contribution in [-0.2, 0) is 28.6 Å². The normalized spacial score (nSPS) is 12.9. The first-order chi connectivity index (χ1) is 31.0. The summed E-state index contributed by atoms with van der Waals surface area (Å²) in [6.07, 6.45) is 66.8. The average Bonchev–Trinajstić information content (AvgIpc) is 3.28. The summed E-state index contributed by atoms with van der Waals surface area (Å²) in [6.45, 7) is 6.42. The van der Waals surface area contributed by atoms with Gasteiger partial charge in [0.2, 0.25) is 0 Å². The first kappa shape index (κ1) is 59.3. The van der Waals surface area contributed by atoms with E-state index in [-0.39, 0.29) is 31.1 Å². The fourth-order valence-corrected chi connectivity index (χ4v) is 6.71. The summed E-state index contributed by atoms with van der Waals surface area (Å²) in [5.74, 6) is -0.963. The highest BCUT2D eigenvalue weighted by Crippen LogP contribution is 2.13. The Morgan fingerprint density at radius 2 is 0.619 bits per heavy atom. The lowest BCUT2D eigenvalue weighted by atomic mass is 10.1. The average molecular weight is 875 g/mol. The number of carbonyl (C=O) groups excluding carboxylic acids is 3. The molecule has 0 radical (unpaired) electrons. The summed E-state index contributed by atoms with van der Waals surface area (Å²) in [4.78, 5) is 37.9. The highest BCUT2D eigenvalue weighted by Gasteiger charge is 2.19. The van der Waals surface area contributed by atoms with Gasteiger partial charge < -0.3 is 14.2 Å². The fraction of sp³-hybridized carbons (Fsp3) is 0.667. The molecule has 6 nitrogen and oxygen atoms in total. The van der Waals surface area contributed by atoms with Crippen molar-refractivity contribution < 1.29 is 28.6 Å². The molecule has 0 heterocycles. The molecule has 0 aromatic carbocycles. The second-order valence-electron chi connectivity index (χ2n) is 16.7. The van der Waals surface area contributed by atoms with Gasteiger partial charge >= 0.3 is 17.9 Å². The molecule has 0 aromatic rings. The van der Waals surface area contributed by atoms with E-state index in [1.807, 2.05) is 0 Å². The van der Waals surface area contributed by atoms with E-state index in [9.17, 15) is 14.4 Å². The quantitative estimate of drug-likeness (QED) is 0.0262. The number of esters is 3. The Kier molecular flexibility index (Phi) is 48.0. The SMILES string of the molecule is CC/C=C\C/C=C\C/C=C\C/C=C\C/C=C\C/C=C\CCCCC(=O)OCC(COC(=O)CCCCCCCCCCC)OC(=O)CCCCCCC/C=C\C/C=C\CCCCC. The molecule has 1 unspecified atom stereocenters. The molecule has 0 aliphatic rings. The van der Waals surface area contributed by atoms with E-state index in [2.05, 4.69) is 118 Å². The summed E-state index contributed by atoms with van der Waals surface area (Å²) in [5.41, 5.74) is 0. The Balaban J connectivity index is 4.43. The predicted octanol–water partition coefficient (Wildman–Crippen LogP) is 17.0. The van der Waals surface area contributed by atoms with Gasteiger partial charge in [-0.15, -0.1) is 0 Å². The number of ether oxygens (including phenoxy) is 3. The van der Waals surface area contributed by atoms with Crippen molar-refractivity contribution in [1.82, 2.24) is 0 Å². The number of hydrogen-bond acceptors (Lipinski definition) is 6. The molecule has 0 aromatic heterocycles. The first-order valence-corrected chi connectivity index (χ1v) is 25.7. The third kappa shape index (κ3) is 49.2. The van der Waals surface area contributed by atoms with Crippen LogP contribution in [0.2, 0.25) is 0 Å². The number of allylic oxidation sites excluding steroid dienone is 16. The van der Waals surface area contributed by atoms with E-state index >= 15 is 0 Å². The summed E-state index contributed by atoms with van der Waals surface area (Å²) in [6, 6.07) is 0. The van der Waals surface area contributed by atoms with Crippen LogP contribution in [0.1, 0.15) is 226 Å². The standard InChI is InChI=1S/C57H94O6/c1-4-7-10-13-16-19-21-23-25-26-27-28-29-30-32-33-35-38-41-44-47-50-56(59)62-53-54(52-61-55(58)49-46-43-40-37-18-15-12-9-6-3)63-57(60)51-48-45-42-39-36-34-31-24-22-20-17-14-11-8-5-2/h7,10,16-17,19-20,23-25,27-28,30-32,35,38,54H,4-6,8-9,11-15,18,21-22,26,29,33-34,36-37,39-53H2,1-3H3/b10-7-,19-16-,20-17-,25-23-,28-27-,31-24-,32-30-,38-35-. The smallest absolute Gasteiger partial charge is 0.306 e. The molecule has 0 N–H and O–H groups in total. The van der Waals surface area contributed by atoms with Crippen LogP contribution in [0.3, 0.4) is 0 Å². The van der Waals surface area contributed by atoms with Crippen molar-refractivity contribution >= 4 is 17.9 Å². The number of carbonyl (C=O) groups is 3. The minimum absolute atomic E-state index is 0.0971. The molecule has 358 valence electrons. The zero-order valence-electron chi connectivity index (χ0n) is 40.8. The minimum atomic E-state index is -0.801. The third-order valence-electron chi connectivity index (χ3n) is 10.6. The van der Waals surface area contributed by atoms with Crippen molar-refractivity contribution in [3.8, 4) is 0 Å². The lowest BCUT2D eigenvalue weighted by Gasteiger charge is -2.18. The van der Waals surface area contributed by atoms with E-state index < -0.39 is 6.10 Å². The van der Waals surface area contributed by atoms with Gasteiger partial charge in [0.05, 0.1) is 0 Å². The van der Waals surface area contributed by atoms with Crippen LogP contribution in [0.4, 0.5) is 0 Å². The van der Waals surface area contributed by atoms with Crippen molar-refractivity contribution in [3.63, 3.8) is 0 Å². The van der Waals surface area contributed by atoms with Crippen molar-refractivity contribution in [2.75, 3.05) is 13.2 Å². The van der Waals surface area contributed by atoms with Crippen LogP contribution >= 0.6 is 0 Å². The summed E-state index contributed by atoms with van der Waals surface area (Å²) in [7, 11) is 0. The van der Waals surface area contributed by atoms with Crippen molar-refractivity contribution in [2.24, 2.45) is 0 Å². The van der Waals surface area contributed by atoms with E-state index in [0.717, 1.165) is 122 Å². The fourth-order valence-electron chi connectivity index (χ4n) is 6.71. The summed E-state index contributed by atoms with van der Waals surface area (Å²) >= 11 is 0. The molecular weight excluding hydrogens is 781 g/mol. The van der Waals surface area contributed by atoms with E-state index in [0.29, 0.717) is 19.3 Å². The summed E-state index contributed by atoms with van der Waals surface area (Å²) in [5, 5.41) is 0. The maximum Gasteiger partial charge on any atom is 0.306 e. The van der Waals surface area contributed by atoms with E-state index in [1.54, 1.807) is 0 Å². The lowest BCUT2D eigenvalue weighted by Crippen LogP contribution is -2.30. The molecule has 0 rings (SSSR count). The number of unbranched alkanes of at least 4 members (excludes halogenated alkanes) is 18. The Labute approximate surface area is 387 Å². The van der Waals surface area contributed by atoms with Crippen LogP contribution in [0.25, 0.3) is 0 Å². The molecule has 0 amide bonds. The lowest BCUT2D eigenvalue weighted by molar-refractivity contribution is -0.167. The van der Waals surface area contributed by atoms with Crippen molar-refractivity contribution in [1.29, 1.82) is 0 Å². The van der Waals surface area contributed by atoms with Gasteiger partial charge in [-0.2, -0.15) is 0 Å². The zero-order chi connectivity index (χ0) is 45.8.